The van der Waals surface area contributed by atoms with Gasteiger partial charge in [-0.3, -0.25) is 4.79 Å². The van der Waals surface area contributed by atoms with Crippen molar-refractivity contribution < 1.29 is 19.4 Å². The third kappa shape index (κ3) is 4.20. The minimum atomic E-state index is -0.910. The van der Waals surface area contributed by atoms with Crippen LogP contribution in [0.3, 0.4) is 0 Å². The van der Waals surface area contributed by atoms with Crippen LogP contribution in [0, 0.1) is 5.92 Å². The summed E-state index contributed by atoms with van der Waals surface area (Å²) in [4.78, 5) is 23.2. The van der Waals surface area contributed by atoms with Crippen LogP contribution in [0.1, 0.15) is 51.4 Å². The van der Waals surface area contributed by atoms with E-state index in [4.69, 9.17) is 4.74 Å². The molecule has 5 heteroatoms. The maximum Gasteiger partial charge on any atom is 0.326 e. The molecule has 1 aliphatic carbocycles. The van der Waals surface area contributed by atoms with Crippen molar-refractivity contribution in [2.24, 2.45) is 5.92 Å². The molecule has 1 amide bonds. The van der Waals surface area contributed by atoms with E-state index in [1.807, 2.05) is 0 Å². The zero-order valence-corrected chi connectivity index (χ0v) is 11.3. The van der Waals surface area contributed by atoms with Crippen LogP contribution in [-0.2, 0) is 14.3 Å². The summed E-state index contributed by atoms with van der Waals surface area (Å²) in [5.74, 6) is -1.02. The Morgan fingerprint density at radius 2 is 1.89 bits per heavy atom. The number of carboxylic acids is 1. The summed E-state index contributed by atoms with van der Waals surface area (Å²) in [6.07, 6.45) is 7.25. The van der Waals surface area contributed by atoms with Crippen molar-refractivity contribution >= 4 is 11.9 Å². The van der Waals surface area contributed by atoms with E-state index in [9.17, 15) is 14.7 Å². The molecular formula is C14H23NO4. The van der Waals surface area contributed by atoms with E-state index < -0.39 is 12.0 Å². The van der Waals surface area contributed by atoms with Crippen LogP contribution in [0.15, 0.2) is 0 Å². The summed E-state index contributed by atoms with van der Waals surface area (Å²) in [5.41, 5.74) is 0. The Morgan fingerprint density at radius 3 is 2.47 bits per heavy atom. The van der Waals surface area contributed by atoms with Gasteiger partial charge in [0.15, 0.2) is 0 Å². The number of amides is 1. The average molecular weight is 269 g/mol. The molecule has 0 aromatic rings. The second-order valence-electron chi connectivity index (χ2n) is 5.62. The fourth-order valence-electron chi connectivity index (χ4n) is 3.09. The lowest BCUT2D eigenvalue weighted by molar-refractivity contribution is -0.144. The van der Waals surface area contributed by atoms with E-state index in [2.05, 4.69) is 5.32 Å². The number of carbonyl (C=O) groups excluding carboxylic acids is 1. The third-order valence-electron chi connectivity index (χ3n) is 4.14. The van der Waals surface area contributed by atoms with Crippen LogP contribution >= 0.6 is 0 Å². The van der Waals surface area contributed by atoms with Gasteiger partial charge in [0, 0.05) is 6.61 Å². The number of aliphatic carboxylic acids is 1. The van der Waals surface area contributed by atoms with Gasteiger partial charge < -0.3 is 15.2 Å². The van der Waals surface area contributed by atoms with Gasteiger partial charge >= 0.3 is 5.97 Å². The topological polar surface area (TPSA) is 75.6 Å². The molecule has 0 aromatic carbocycles. The lowest BCUT2D eigenvalue weighted by Gasteiger charge is -2.28. The van der Waals surface area contributed by atoms with E-state index in [0.29, 0.717) is 6.61 Å². The van der Waals surface area contributed by atoms with Crippen molar-refractivity contribution in [1.82, 2.24) is 5.32 Å². The SMILES string of the molecule is O=C(CC1CCCO1)NC(C(=O)O)C1CCCCC1. The Kier molecular flexibility index (Phi) is 5.19. The molecule has 1 heterocycles. The highest BCUT2D eigenvalue weighted by Gasteiger charge is 2.31. The first-order valence-electron chi connectivity index (χ1n) is 7.30. The summed E-state index contributed by atoms with van der Waals surface area (Å²) >= 11 is 0. The molecule has 19 heavy (non-hydrogen) atoms. The van der Waals surface area contributed by atoms with Gasteiger partial charge in [0.05, 0.1) is 12.5 Å². The first-order chi connectivity index (χ1) is 9.16. The Bertz CT molecular complexity index is 319. The zero-order chi connectivity index (χ0) is 13.7. The van der Waals surface area contributed by atoms with Crippen molar-refractivity contribution in [3.8, 4) is 0 Å². The number of carboxylic acid groups (broad SMARTS) is 1. The van der Waals surface area contributed by atoms with Crippen LogP contribution in [0.2, 0.25) is 0 Å². The van der Waals surface area contributed by atoms with Gasteiger partial charge in [-0.25, -0.2) is 4.79 Å². The van der Waals surface area contributed by atoms with Crippen LogP contribution in [-0.4, -0.2) is 35.7 Å². The predicted molar refractivity (Wildman–Crippen MR) is 69.7 cm³/mol. The van der Waals surface area contributed by atoms with Crippen LogP contribution in [0.25, 0.3) is 0 Å². The summed E-state index contributed by atoms with van der Waals surface area (Å²) in [7, 11) is 0. The number of hydrogen-bond acceptors (Lipinski definition) is 3. The number of nitrogens with one attached hydrogen (secondary N) is 1. The maximum atomic E-state index is 11.9. The molecule has 5 nitrogen and oxygen atoms in total. The average Bonchev–Trinajstić information content (AvgIpc) is 2.89. The number of ether oxygens (including phenoxy) is 1. The standard InChI is InChI=1S/C14H23NO4/c16-12(9-11-7-4-8-19-11)15-13(14(17)18)10-5-2-1-3-6-10/h10-11,13H,1-9H2,(H,15,16)(H,17,18). The van der Waals surface area contributed by atoms with Crippen LogP contribution < -0.4 is 5.32 Å². The van der Waals surface area contributed by atoms with Gasteiger partial charge in [-0.15, -0.1) is 0 Å². The normalized spacial score (nSPS) is 26.0. The molecule has 108 valence electrons. The van der Waals surface area contributed by atoms with Crippen molar-refractivity contribution in [1.29, 1.82) is 0 Å². The van der Waals surface area contributed by atoms with Gasteiger partial charge in [-0.2, -0.15) is 0 Å². The summed E-state index contributed by atoms with van der Waals surface area (Å²) in [6.45, 7) is 0.711. The molecule has 0 aromatic heterocycles. The molecule has 2 fully saturated rings. The molecule has 2 unspecified atom stereocenters. The molecule has 0 radical (unpaired) electrons. The van der Waals surface area contributed by atoms with Crippen molar-refractivity contribution in [2.75, 3.05) is 6.61 Å². The van der Waals surface area contributed by atoms with E-state index in [0.717, 1.165) is 38.5 Å². The Balaban J connectivity index is 1.84. The maximum absolute atomic E-state index is 11.9. The van der Waals surface area contributed by atoms with Crippen LogP contribution in [0.5, 0.6) is 0 Å². The summed E-state index contributed by atoms with van der Waals surface area (Å²) < 4.78 is 5.40. The fraction of sp³-hybridized carbons (Fsp3) is 0.857. The fourth-order valence-corrected chi connectivity index (χ4v) is 3.09. The minimum Gasteiger partial charge on any atom is -0.480 e. The molecular weight excluding hydrogens is 246 g/mol. The van der Waals surface area contributed by atoms with Crippen molar-refractivity contribution in [2.45, 2.75) is 63.5 Å². The van der Waals surface area contributed by atoms with Gasteiger partial charge in [0.1, 0.15) is 6.04 Å². The lowest BCUT2D eigenvalue weighted by atomic mass is 9.84. The molecule has 1 aliphatic heterocycles. The molecule has 0 bridgehead atoms. The van der Waals surface area contributed by atoms with Crippen molar-refractivity contribution in [3.63, 3.8) is 0 Å². The monoisotopic (exact) mass is 269 g/mol. The second kappa shape index (κ2) is 6.89. The molecule has 0 spiro atoms. The van der Waals surface area contributed by atoms with Crippen molar-refractivity contribution in [3.05, 3.63) is 0 Å². The van der Waals surface area contributed by atoms with E-state index in [1.54, 1.807) is 0 Å². The van der Waals surface area contributed by atoms with E-state index in [1.165, 1.54) is 6.42 Å². The number of carbonyl (C=O) groups is 2. The first kappa shape index (κ1) is 14.3. The quantitative estimate of drug-likeness (QED) is 0.796. The van der Waals surface area contributed by atoms with Gasteiger partial charge in [-0.05, 0) is 31.6 Å². The Labute approximate surface area is 113 Å². The number of rotatable bonds is 5. The highest BCUT2D eigenvalue weighted by molar-refractivity contribution is 5.84. The second-order valence-corrected chi connectivity index (χ2v) is 5.62. The van der Waals surface area contributed by atoms with Gasteiger partial charge in [-0.1, -0.05) is 19.3 Å². The largest absolute Gasteiger partial charge is 0.480 e. The zero-order valence-electron chi connectivity index (χ0n) is 11.3. The highest BCUT2D eigenvalue weighted by Crippen LogP contribution is 2.27. The molecule has 1 saturated heterocycles. The molecule has 2 N–H and O–H groups in total. The smallest absolute Gasteiger partial charge is 0.326 e. The molecule has 1 saturated carbocycles. The Morgan fingerprint density at radius 1 is 1.16 bits per heavy atom. The summed E-state index contributed by atoms with van der Waals surface area (Å²) in [6, 6.07) is -0.728. The molecule has 2 rings (SSSR count). The molecule has 2 aliphatic rings. The van der Waals surface area contributed by atoms with E-state index in [-0.39, 0.29) is 24.3 Å². The third-order valence-corrected chi connectivity index (χ3v) is 4.14. The number of hydrogen-bond donors (Lipinski definition) is 2. The lowest BCUT2D eigenvalue weighted by Crippen LogP contribution is -2.47. The Hall–Kier alpha value is -1.10. The summed E-state index contributed by atoms with van der Waals surface area (Å²) in [5, 5.41) is 12.0. The minimum absolute atomic E-state index is 0.0270. The van der Waals surface area contributed by atoms with Gasteiger partial charge in [0.25, 0.3) is 0 Å². The predicted octanol–water partition coefficient (Wildman–Crippen LogP) is 1.71. The first-order valence-corrected chi connectivity index (χ1v) is 7.30. The van der Waals surface area contributed by atoms with Gasteiger partial charge in [0.2, 0.25) is 5.91 Å². The van der Waals surface area contributed by atoms with Crippen LogP contribution in [0.4, 0.5) is 0 Å². The highest BCUT2D eigenvalue weighted by atomic mass is 16.5. The van der Waals surface area contributed by atoms with E-state index >= 15 is 0 Å². The molecule has 2 atom stereocenters.